The molecule has 1 aromatic carbocycles. The third-order valence-electron chi connectivity index (χ3n) is 21.7. The molecule has 6 aliphatic rings. The molecule has 6 aliphatic heterocycles. The van der Waals surface area contributed by atoms with Gasteiger partial charge in [0.25, 0.3) is 0 Å². The molecule has 498 valence electrons. The number of imidazole rings is 1. The van der Waals surface area contributed by atoms with Gasteiger partial charge in [-0.25, -0.2) is 9.55 Å². The van der Waals surface area contributed by atoms with Crippen molar-refractivity contribution < 1.29 is 67.0 Å². The van der Waals surface area contributed by atoms with Crippen LogP contribution in [0.4, 0.5) is 0 Å². The molecule has 2 aromatic rings. The third-order valence-corrected chi connectivity index (χ3v) is 22.8. The van der Waals surface area contributed by atoms with Gasteiger partial charge in [0.15, 0.2) is 6.23 Å². The molecule has 0 spiro atoms. The van der Waals surface area contributed by atoms with Crippen molar-refractivity contribution in [2.24, 2.45) is 79.7 Å². The maximum Gasteiger partial charge on any atom is 0.472 e. The second-order valence-corrected chi connectivity index (χ2v) is 29.2. The summed E-state index contributed by atoms with van der Waals surface area (Å²) in [6.07, 6.45) is -3.15. The number of nitrogens with one attached hydrogen (secondary N) is 5. The van der Waals surface area contributed by atoms with Crippen molar-refractivity contribution >= 4 is 60.2 Å². The molecule has 0 aliphatic carbocycles. The number of ether oxygens (including phenoxy) is 1. The quantitative estimate of drug-likeness (QED) is 0.0596. The largest absolute Gasteiger partial charge is 0.472 e. The molecule has 5 fully saturated rings. The molecule has 27 nitrogen and oxygen atoms in total. The van der Waals surface area contributed by atoms with E-state index in [2.05, 4.69) is 51.5 Å². The van der Waals surface area contributed by atoms with E-state index >= 15 is 0 Å². The molecule has 0 saturated carbocycles. The van der Waals surface area contributed by atoms with Crippen LogP contribution in [0.15, 0.2) is 52.8 Å². The normalized spacial score (nSPS) is 34.5. The molecule has 28 heteroatoms. The summed E-state index contributed by atoms with van der Waals surface area (Å²) in [5, 5.41) is 40.2. The maximum atomic E-state index is 14.4. The first-order valence-corrected chi connectivity index (χ1v) is 32.6. The Morgan fingerprint density at radius 1 is 0.744 bits per heavy atom. The van der Waals surface area contributed by atoms with E-state index in [0.717, 1.165) is 28.0 Å². The van der Waals surface area contributed by atoms with Gasteiger partial charge in [-0.05, 0) is 125 Å². The molecule has 18 atom stereocenters. The van der Waals surface area contributed by atoms with E-state index in [1.54, 1.807) is 4.57 Å². The minimum Gasteiger partial charge on any atom is -0.394 e. The van der Waals surface area contributed by atoms with Crippen molar-refractivity contribution in [3.8, 4) is 0 Å². The van der Waals surface area contributed by atoms with Crippen molar-refractivity contribution in [1.82, 2.24) is 36.1 Å². The molecular formula is C62H96N13O14P. The number of phosphoric acid groups is 1. The van der Waals surface area contributed by atoms with E-state index in [1.807, 2.05) is 67.5 Å². The fourth-order valence-electron chi connectivity index (χ4n) is 16.7. The lowest BCUT2D eigenvalue weighted by Gasteiger charge is -2.49. The number of carbonyl (C=O) groups excluding carboxylic acids is 7. The highest BCUT2D eigenvalue weighted by molar-refractivity contribution is 7.47. The number of hydrogen-bond donors (Lipinski definition) is 14. The second kappa shape index (κ2) is 25.9. The molecule has 7 amide bonds. The van der Waals surface area contributed by atoms with Gasteiger partial charge in [-0.3, -0.25) is 42.6 Å². The first-order valence-electron chi connectivity index (χ1n) is 31.1. The van der Waals surface area contributed by atoms with Crippen LogP contribution in [0, 0.1) is 59.2 Å². The van der Waals surface area contributed by atoms with Gasteiger partial charge in [0, 0.05) is 120 Å². The highest BCUT2D eigenvalue weighted by Crippen LogP contribution is 2.62. The lowest BCUT2D eigenvalue weighted by molar-refractivity contribution is -0.124. The topological polar surface area (TPSA) is 459 Å². The number of hydrogen-bond acceptors (Lipinski definition) is 18. The average Bonchev–Trinajstić information content (AvgIpc) is 1.53. The minimum absolute atomic E-state index is 0.0183. The molecule has 18 unspecified atom stereocenters. The standard InChI is InChI=1S/C62H96N13O14P/c1-29-20-39-40(21-30(29)2)75(28-70-39)57-52(84)53(41(27-76)87-57)89-90(85,86)88-31(3)26-69-49(83)18-19-59(8)37(22-46(66)80)56-62(11)61(10,25-48(68)82)36(14-17-45(65)79)51(74-62)33(5)55-60(9,24-47(67)81)34(12-15-43(63)77)38(71-55)23-42-58(6,7)35(13-16-44(64)78)50(72-42)32(4)54(59)73-56/h20-21,23,28,31,34-38,41,50-53,56-57,71-74,76,84H,12-19,22,24-27H2,1-11H3,(H2,63,77)(H2,64,78)(H2,65,79)(H2,66,80)(H2,67,81)(H2,68,82)(H,69,83)(H,85,86). The highest BCUT2D eigenvalue weighted by Gasteiger charge is 2.68. The Hall–Kier alpha value is -6.45. The lowest BCUT2D eigenvalue weighted by atomic mass is 9.56. The summed E-state index contributed by atoms with van der Waals surface area (Å²) in [5.74, 6) is -6.20. The van der Waals surface area contributed by atoms with Crippen molar-refractivity contribution in [3.05, 3.63) is 63.9 Å². The second-order valence-electron chi connectivity index (χ2n) is 27.9. The first kappa shape index (κ1) is 69.4. The summed E-state index contributed by atoms with van der Waals surface area (Å²) in [5.41, 5.74) is 37.8. The van der Waals surface area contributed by atoms with Gasteiger partial charge >= 0.3 is 7.82 Å². The Morgan fingerprint density at radius 2 is 1.32 bits per heavy atom. The number of fused-ring (bicyclic) bond motifs is 10. The zero-order chi connectivity index (χ0) is 66.7. The number of aliphatic hydroxyl groups is 2. The number of benzene rings is 1. The van der Waals surface area contributed by atoms with Gasteiger partial charge < -0.3 is 85.4 Å². The Balaban J connectivity index is 1.18. The van der Waals surface area contributed by atoms with Crippen LogP contribution < -0.4 is 61.0 Å². The summed E-state index contributed by atoms with van der Waals surface area (Å²) in [6, 6.07) is 1.17. The molecular weight excluding hydrogens is 1180 g/mol. The molecule has 1 aromatic heterocycles. The number of aromatic nitrogens is 2. The molecule has 7 heterocycles. The summed E-state index contributed by atoms with van der Waals surface area (Å²) in [6.45, 7) is 20.1. The van der Waals surface area contributed by atoms with E-state index in [1.165, 1.54) is 13.3 Å². The number of rotatable bonds is 26. The van der Waals surface area contributed by atoms with Gasteiger partial charge in [-0.15, -0.1) is 0 Å². The van der Waals surface area contributed by atoms with Crippen LogP contribution in [0.25, 0.3) is 11.0 Å². The van der Waals surface area contributed by atoms with Crippen LogP contribution in [-0.2, 0) is 51.9 Å². The zero-order valence-electron chi connectivity index (χ0n) is 53.6. The SMILES string of the molecule is CC1=C2NC(C(CC(N)=O)C2(C)CCC(=O)NCC(C)OP(=O)(O)OC2C(CO)OC(n3cnc4cc(C)c(C)cc43)C2O)C2(C)NC(C(C)=C3NC(C=C4NC1C(CCC(N)=O)C4(C)C)C(CCC(N)=O)C3(C)CC(N)=O)C(CCC(N)=O)C2(C)CC(N)=O. The number of nitrogens with zero attached hydrogens (tertiary/aromatic N) is 2. The maximum absolute atomic E-state index is 14.4. The summed E-state index contributed by atoms with van der Waals surface area (Å²) in [4.78, 5) is 109. The van der Waals surface area contributed by atoms with Gasteiger partial charge in [-0.1, -0.05) is 34.6 Å². The van der Waals surface area contributed by atoms with Crippen molar-refractivity contribution in [2.45, 2.75) is 207 Å². The Kier molecular flexibility index (Phi) is 20.0. The number of allylic oxidation sites excluding steroid dienone is 3. The molecule has 5 saturated heterocycles. The summed E-state index contributed by atoms with van der Waals surface area (Å²) in [7, 11) is -5.05. The number of carbonyl (C=O) groups is 7. The lowest BCUT2D eigenvalue weighted by Crippen LogP contribution is -2.64. The van der Waals surface area contributed by atoms with E-state index in [9.17, 15) is 53.2 Å². The van der Waals surface area contributed by atoms with Crippen LogP contribution in [0.2, 0.25) is 0 Å². The van der Waals surface area contributed by atoms with Crippen molar-refractivity contribution in [3.63, 3.8) is 0 Å². The monoisotopic (exact) mass is 1280 g/mol. The van der Waals surface area contributed by atoms with Gasteiger partial charge in [0.2, 0.25) is 41.4 Å². The number of nitrogens with two attached hydrogens (primary N) is 6. The first-order chi connectivity index (χ1) is 41.8. The van der Waals surface area contributed by atoms with E-state index in [0.29, 0.717) is 28.8 Å². The fraction of sp³-hybridized carbons (Fsp3) is 0.677. The summed E-state index contributed by atoms with van der Waals surface area (Å²) >= 11 is 0. The summed E-state index contributed by atoms with van der Waals surface area (Å²) < 4.78 is 32.3. The van der Waals surface area contributed by atoms with Crippen LogP contribution in [0.5, 0.6) is 0 Å². The zero-order valence-corrected chi connectivity index (χ0v) is 54.5. The van der Waals surface area contributed by atoms with Crippen molar-refractivity contribution in [2.75, 3.05) is 13.2 Å². The predicted octanol–water partition coefficient (Wildman–Crippen LogP) is 1.71. The Bertz CT molecular complexity index is 3330. The smallest absolute Gasteiger partial charge is 0.394 e. The average molecular weight is 1280 g/mol. The molecule has 8 bridgehead atoms. The van der Waals surface area contributed by atoms with E-state index in [4.69, 9.17) is 48.2 Å². The predicted molar refractivity (Wildman–Crippen MR) is 332 cm³/mol. The van der Waals surface area contributed by atoms with Crippen LogP contribution in [-0.4, -0.2) is 133 Å². The highest BCUT2D eigenvalue weighted by atomic mass is 31.2. The molecule has 0 radical (unpaired) electrons. The van der Waals surface area contributed by atoms with Crippen molar-refractivity contribution in [1.29, 1.82) is 0 Å². The third kappa shape index (κ3) is 13.2. The minimum atomic E-state index is -5.05. The van der Waals surface area contributed by atoms with Gasteiger partial charge in [0.1, 0.15) is 18.3 Å². The van der Waals surface area contributed by atoms with E-state index < -0.39 is 156 Å². The number of amides is 7. The number of phosphoric ester groups is 1. The van der Waals surface area contributed by atoms with Crippen LogP contribution in [0.3, 0.4) is 0 Å². The Morgan fingerprint density at radius 3 is 1.91 bits per heavy atom. The van der Waals surface area contributed by atoms with Crippen LogP contribution in [0.1, 0.15) is 150 Å². The molecule has 20 N–H and O–H groups in total. The number of primary amides is 6. The number of aryl methyl sites for hydroxylation is 2. The Labute approximate surface area is 525 Å². The van der Waals surface area contributed by atoms with E-state index in [-0.39, 0.29) is 76.7 Å². The van der Waals surface area contributed by atoms with Gasteiger partial charge in [0.05, 0.1) is 36.1 Å². The number of aliphatic hydroxyl groups excluding tert-OH is 2. The molecule has 8 rings (SSSR count). The van der Waals surface area contributed by atoms with Gasteiger partial charge in [-0.2, -0.15) is 0 Å². The van der Waals surface area contributed by atoms with Crippen LogP contribution >= 0.6 is 7.82 Å². The molecule has 90 heavy (non-hydrogen) atoms. The fourth-order valence-corrected chi connectivity index (χ4v) is 17.8.